The van der Waals surface area contributed by atoms with Crippen LogP contribution in [0.15, 0.2) is 0 Å². The van der Waals surface area contributed by atoms with E-state index in [1.807, 2.05) is 0 Å². The molecule has 0 bridgehead atoms. The molecule has 3 nitrogen and oxygen atoms in total. The van der Waals surface area contributed by atoms with E-state index in [0.29, 0.717) is 6.54 Å². The molecule has 1 saturated heterocycles. The van der Waals surface area contributed by atoms with E-state index in [4.69, 9.17) is 0 Å². The lowest BCUT2D eigenvalue weighted by Gasteiger charge is -2.33. The van der Waals surface area contributed by atoms with Gasteiger partial charge in [0, 0.05) is 8.47 Å². The molecule has 0 unspecified atom stereocenters. The van der Waals surface area contributed by atoms with Gasteiger partial charge in [0.2, 0.25) is 5.91 Å². The van der Waals surface area contributed by atoms with Crippen LogP contribution in [0.3, 0.4) is 0 Å². The van der Waals surface area contributed by atoms with Crippen molar-refractivity contribution in [3.05, 3.63) is 0 Å². The molecule has 0 spiro atoms. The van der Waals surface area contributed by atoms with Crippen LogP contribution in [-0.4, -0.2) is 37.5 Å². The minimum Gasteiger partial charge on any atom is -0.358 e. The second-order valence-corrected chi connectivity index (χ2v) is 4.53. The molecular formula is C11H24N2O. The number of rotatable bonds is 3. The Kier molecular flexibility index (Phi) is 4.39. The van der Waals surface area contributed by atoms with E-state index in [2.05, 4.69) is 24.1 Å². The molecule has 1 aliphatic rings. The molecule has 84 valence electrons. The van der Waals surface area contributed by atoms with E-state index in [0.717, 1.165) is 24.9 Å². The van der Waals surface area contributed by atoms with Crippen molar-refractivity contribution < 1.29 is 6.22 Å². The Morgan fingerprint density at radius 2 is 2.07 bits per heavy atom. The van der Waals surface area contributed by atoms with Crippen LogP contribution in [0.4, 0.5) is 0 Å². The van der Waals surface area contributed by atoms with Crippen molar-refractivity contribution in [2.45, 2.75) is 26.7 Å². The summed E-state index contributed by atoms with van der Waals surface area (Å²) in [7, 11) is 1.70. The minimum absolute atomic E-state index is 0. The number of likely N-dealkylation sites (tertiary alicyclic amines) is 1. The lowest BCUT2D eigenvalue weighted by atomic mass is 9.87. The van der Waals surface area contributed by atoms with Crippen molar-refractivity contribution in [2.75, 3.05) is 26.7 Å². The summed E-state index contributed by atoms with van der Waals surface area (Å²) in [5, 5.41) is 2.67. The topological polar surface area (TPSA) is 32.3 Å². The molecule has 3 heteroatoms. The second-order valence-electron chi connectivity index (χ2n) is 4.53. The molecular weight excluding hydrogens is 176 g/mol. The van der Waals surface area contributed by atoms with E-state index in [1.54, 1.807) is 7.05 Å². The van der Waals surface area contributed by atoms with E-state index in [-0.39, 0.29) is 7.33 Å². The highest BCUT2D eigenvalue weighted by Crippen LogP contribution is 2.23. The molecule has 0 aromatic carbocycles. The van der Waals surface area contributed by atoms with Crippen LogP contribution in [0.1, 0.15) is 28.1 Å². The van der Waals surface area contributed by atoms with Crippen molar-refractivity contribution in [3.8, 4) is 0 Å². The molecule has 1 amide bonds. The maximum atomic E-state index is 11.1. The number of nitrogens with one attached hydrogen (secondary N) is 1. The van der Waals surface area contributed by atoms with Crippen LogP contribution < -0.4 is 5.32 Å². The highest BCUT2D eigenvalue weighted by atomic mass is 16.1. The summed E-state index contributed by atoms with van der Waals surface area (Å²) < 4.78 is 0. The summed E-state index contributed by atoms with van der Waals surface area (Å²) in [5.74, 6) is 1.78. The van der Waals surface area contributed by atoms with Gasteiger partial charge in [0.1, 0.15) is 0 Å². The van der Waals surface area contributed by atoms with Gasteiger partial charge in [0.15, 0.2) is 0 Å². The predicted octanol–water partition coefficient (Wildman–Crippen LogP) is 1.35. The van der Waals surface area contributed by atoms with E-state index in [9.17, 15) is 4.79 Å². The molecule has 1 heterocycles. The zero-order valence-electron chi connectivity index (χ0n) is 9.55. The third-order valence-electron chi connectivity index (χ3n) is 3.22. The Balaban J connectivity index is 0.00000196. The SMILES string of the molecule is CNC(=O)CN1CCC(C(C)C)CC1.[HH]. The molecule has 0 aliphatic carbocycles. The van der Waals surface area contributed by atoms with Crippen molar-refractivity contribution in [1.82, 2.24) is 10.2 Å². The smallest absolute Gasteiger partial charge is 0.233 e. The van der Waals surface area contributed by atoms with Gasteiger partial charge < -0.3 is 5.32 Å². The van der Waals surface area contributed by atoms with E-state index in [1.165, 1.54) is 12.8 Å². The molecule has 1 fully saturated rings. The zero-order valence-corrected chi connectivity index (χ0v) is 9.55. The van der Waals surface area contributed by atoms with Crippen LogP contribution in [0, 0.1) is 11.8 Å². The third kappa shape index (κ3) is 3.29. The molecule has 0 aromatic heterocycles. The van der Waals surface area contributed by atoms with Crippen molar-refractivity contribution in [1.29, 1.82) is 0 Å². The van der Waals surface area contributed by atoms with E-state index < -0.39 is 0 Å². The van der Waals surface area contributed by atoms with Gasteiger partial charge >= 0.3 is 0 Å². The second kappa shape index (κ2) is 5.35. The molecule has 0 atom stereocenters. The van der Waals surface area contributed by atoms with Gasteiger partial charge in [0.25, 0.3) is 0 Å². The van der Waals surface area contributed by atoms with Crippen LogP contribution in [-0.2, 0) is 4.79 Å². The minimum atomic E-state index is 0. The summed E-state index contributed by atoms with van der Waals surface area (Å²) in [6.07, 6.45) is 2.49. The number of carbonyl (C=O) groups is 1. The maximum Gasteiger partial charge on any atom is 0.233 e. The Morgan fingerprint density at radius 3 is 2.50 bits per heavy atom. The Hall–Kier alpha value is -0.570. The summed E-state index contributed by atoms with van der Waals surface area (Å²) in [5.41, 5.74) is 0. The van der Waals surface area contributed by atoms with Crippen molar-refractivity contribution in [3.63, 3.8) is 0 Å². The van der Waals surface area contributed by atoms with Crippen LogP contribution >= 0.6 is 0 Å². The van der Waals surface area contributed by atoms with Gasteiger partial charge in [0.05, 0.1) is 6.54 Å². The van der Waals surface area contributed by atoms with Crippen LogP contribution in [0.25, 0.3) is 0 Å². The highest BCUT2D eigenvalue weighted by molar-refractivity contribution is 5.77. The average Bonchev–Trinajstić information content (AvgIpc) is 2.18. The average molecular weight is 200 g/mol. The first-order valence-corrected chi connectivity index (χ1v) is 5.56. The first-order valence-electron chi connectivity index (χ1n) is 5.56. The van der Waals surface area contributed by atoms with Crippen LogP contribution in [0.5, 0.6) is 0 Å². The third-order valence-corrected chi connectivity index (χ3v) is 3.22. The monoisotopic (exact) mass is 200 g/mol. The van der Waals surface area contributed by atoms with Gasteiger partial charge in [-0.25, -0.2) is 0 Å². The molecule has 1 rings (SSSR count). The fourth-order valence-electron chi connectivity index (χ4n) is 2.06. The summed E-state index contributed by atoms with van der Waals surface area (Å²) >= 11 is 0. The lowest BCUT2D eigenvalue weighted by molar-refractivity contribution is -0.122. The summed E-state index contributed by atoms with van der Waals surface area (Å²) in [6.45, 7) is 7.31. The Bertz CT molecular complexity index is 189. The fraction of sp³-hybridized carbons (Fsp3) is 0.909. The molecule has 1 N–H and O–H groups in total. The van der Waals surface area contributed by atoms with Gasteiger partial charge in [-0.2, -0.15) is 0 Å². The summed E-state index contributed by atoms with van der Waals surface area (Å²) in [4.78, 5) is 13.4. The maximum absolute atomic E-state index is 11.1. The van der Waals surface area contributed by atoms with Gasteiger partial charge in [-0.1, -0.05) is 13.8 Å². The number of likely N-dealkylation sites (N-methyl/N-ethyl adjacent to an activating group) is 1. The van der Waals surface area contributed by atoms with Crippen molar-refractivity contribution in [2.24, 2.45) is 11.8 Å². The first-order chi connectivity index (χ1) is 6.63. The number of hydrogen-bond acceptors (Lipinski definition) is 2. The number of piperidine rings is 1. The molecule has 14 heavy (non-hydrogen) atoms. The number of carbonyl (C=O) groups excluding carboxylic acids is 1. The highest BCUT2D eigenvalue weighted by Gasteiger charge is 2.22. The number of nitrogens with zero attached hydrogens (tertiary/aromatic N) is 1. The van der Waals surface area contributed by atoms with Gasteiger partial charge in [-0.05, 0) is 37.8 Å². The molecule has 0 aromatic rings. The fourth-order valence-corrected chi connectivity index (χ4v) is 2.06. The van der Waals surface area contributed by atoms with Gasteiger partial charge in [-0.3, -0.25) is 9.69 Å². The summed E-state index contributed by atoms with van der Waals surface area (Å²) in [6, 6.07) is 0. The van der Waals surface area contributed by atoms with Crippen molar-refractivity contribution >= 4 is 5.91 Å². The quantitative estimate of drug-likeness (QED) is 0.746. The Morgan fingerprint density at radius 1 is 1.50 bits per heavy atom. The Labute approximate surface area is 88.3 Å². The lowest BCUT2D eigenvalue weighted by Crippen LogP contribution is -2.41. The zero-order chi connectivity index (χ0) is 10.6. The molecule has 0 radical (unpaired) electrons. The number of hydrogen-bond donors (Lipinski definition) is 1. The van der Waals surface area contributed by atoms with Crippen LogP contribution in [0.2, 0.25) is 0 Å². The first kappa shape index (κ1) is 11.5. The largest absolute Gasteiger partial charge is 0.358 e. The van der Waals surface area contributed by atoms with E-state index >= 15 is 0 Å². The molecule has 0 saturated carbocycles. The standard InChI is InChI=1S/C11H22N2O.H2/c1-9(2)10-4-6-13(7-5-10)8-11(14)12-3;/h9-10H,4-8H2,1-3H3,(H,12,14);1H. The molecule has 1 aliphatic heterocycles. The van der Waals surface area contributed by atoms with Gasteiger partial charge in [-0.15, -0.1) is 0 Å². The normalized spacial score (nSPS) is 20.0. The number of amides is 1. The predicted molar refractivity (Wildman–Crippen MR) is 60.2 cm³/mol.